The Hall–Kier alpha value is -2.66. The zero-order valence-electron chi connectivity index (χ0n) is 24.8. The van der Waals surface area contributed by atoms with Crippen LogP contribution in [0.25, 0.3) is 0 Å². The lowest BCUT2D eigenvalue weighted by Gasteiger charge is -2.24. The minimum Gasteiger partial charge on any atom is -0.386 e. The fourth-order valence-electron chi connectivity index (χ4n) is 6.64. The highest BCUT2D eigenvalue weighted by Crippen LogP contribution is 2.49. The highest BCUT2D eigenvalue weighted by molar-refractivity contribution is 6.10. The van der Waals surface area contributed by atoms with E-state index in [-0.39, 0.29) is 35.2 Å². The summed E-state index contributed by atoms with van der Waals surface area (Å²) in [5, 5.41) is 0. The molecule has 10 nitrogen and oxygen atoms in total. The summed E-state index contributed by atoms with van der Waals surface area (Å²) in [7, 11) is 0. The zero-order chi connectivity index (χ0) is 29.8. The van der Waals surface area contributed by atoms with Crippen LogP contribution in [0, 0.1) is 11.8 Å². The molecular weight excluding hydrogens is 556 g/mol. The van der Waals surface area contributed by atoms with E-state index in [1.165, 1.54) is 0 Å². The van der Waals surface area contributed by atoms with Crippen molar-refractivity contribution >= 4 is 23.9 Å². The first-order valence-electron chi connectivity index (χ1n) is 16.1. The molecule has 2 bridgehead atoms. The Morgan fingerprint density at radius 2 is 1.05 bits per heavy atom. The largest absolute Gasteiger partial charge is 0.386 e. The monoisotopic (exact) mass is 598 g/mol. The molecule has 234 valence electrons. The summed E-state index contributed by atoms with van der Waals surface area (Å²) >= 11 is 0. The van der Waals surface area contributed by atoms with Crippen molar-refractivity contribution < 1.29 is 47.6 Å². The number of hydrogen-bond acceptors (Lipinski definition) is 10. The molecule has 43 heavy (non-hydrogen) atoms. The highest BCUT2D eigenvalue weighted by Gasteiger charge is 2.47. The number of ether oxygens (including phenoxy) is 6. The molecule has 2 heterocycles. The Morgan fingerprint density at radius 3 is 1.42 bits per heavy atom. The third-order valence-corrected chi connectivity index (χ3v) is 9.50. The van der Waals surface area contributed by atoms with Crippen LogP contribution >= 0.6 is 0 Å². The van der Waals surface area contributed by atoms with Crippen molar-refractivity contribution in [2.45, 2.75) is 95.7 Å². The number of carbonyl (C=O) groups excluding carboxylic acids is 4. The molecule has 0 aromatic heterocycles. The van der Waals surface area contributed by atoms with Gasteiger partial charge in [-0.25, -0.2) is 19.2 Å². The van der Waals surface area contributed by atoms with E-state index in [9.17, 15) is 19.2 Å². The molecule has 3 fully saturated rings. The van der Waals surface area contributed by atoms with Crippen LogP contribution in [0.1, 0.15) is 83.5 Å². The van der Waals surface area contributed by atoms with Crippen LogP contribution in [0.5, 0.6) is 0 Å². The highest BCUT2D eigenvalue weighted by atomic mass is 16.6. The van der Waals surface area contributed by atoms with Gasteiger partial charge in [-0.3, -0.25) is 0 Å². The first-order chi connectivity index (χ1) is 21.0. The molecule has 0 N–H and O–H groups in total. The first-order valence-corrected chi connectivity index (χ1v) is 16.1. The Kier molecular flexibility index (Phi) is 9.87. The standard InChI is InChI=1S/C33H42O10/c34-30(26-11-9-20(26)5-1-3-13-38-16-24-18-40-24)42-32(36)28-22-7-8-23(15-22)29(28)33(37)43-31(35)27-12-10-21(27)6-2-4-14-39-17-25-19-41-25/h22-25H,1-19H2. The summed E-state index contributed by atoms with van der Waals surface area (Å²) in [5.41, 5.74) is 3.63. The number of unbranched alkanes of at least 4 members (excludes halogenated alkanes) is 2. The summed E-state index contributed by atoms with van der Waals surface area (Å²) in [6, 6.07) is 0. The number of hydrogen-bond donors (Lipinski definition) is 0. The lowest BCUT2D eigenvalue weighted by atomic mass is 9.85. The average Bonchev–Trinajstić information content (AvgIpc) is 3.87. The minimum absolute atomic E-state index is 0.147. The van der Waals surface area contributed by atoms with E-state index in [0.717, 1.165) is 88.6 Å². The van der Waals surface area contributed by atoms with Gasteiger partial charge in [0.15, 0.2) is 0 Å². The third-order valence-electron chi connectivity index (χ3n) is 9.50. The predicted molar refractivity (Wildman–Crippen MR) is 151 cm³/mol. The van der Waals surface area contributed by atoms with Crippen molar-refractivity contribution in [3.8, 4) is 0 Å². The summed E-state index contributed by atoms with van der Waals surface area (Å²) in [6.07, 6.45) is 10.6. The molecule has 2 aliphatic heterocycles. The van der Waals surface area contributed by atoms with Crippen LogP contribution in [-0.2, 0) is 47.6 Å². The molecule has 6 rings (SSSR count). The molecule has 4 unspecified atom stereocenters. The quantitative estimate of drug-likeness (QED) is 0.0979. The molecule has 0 aromatic rings. The molecule has 0 spiro atoms. The molecule has 4 atom stereocenters. The van der Waals surface area contributed by atoms with Crippen molar-refractivity contribution in [1.29, 1.82) is 0 Å². The Bertz CT molecular complexity index is 1130. The molecule has 6 aliphatic rings. The van der Waals surface area contributed by atoms with E-state index in [1.807, 2.05) is 0 Å². The van der Waals surface area contributed by atoms with Gasteiger partial charge in [0, 0.05) is 24.4 Å². The maximum atomic E-state index is 13.2. The fourth-order valence-corrected chi connectivity index (χ4v) is 6.64. The van der Waals surface area contributed by atoms with Gasteiger partial charge in [-0.1, -0.05) is 11.1 Å². The van der Waals surface area contributed by atoms with E-state index >= 15 is 0 Å². The van der Waals surface area contributed by atoms with Gasteiger partial charge < -0.3 is 28.4 Å². The SMILES string of the molecule is O=C(OC(=O)C1=C(C(=O)OC(=O)C2=C(CCCCOCC3CO3)CC2)C2CCC1C2)C1=C(CCCCOCC2CO2)CC1. The second kappa shape index (κ2) is 14.0. The molecule has 10 heteroatoms. The van der Waals surface area contributed by atoms with Crippen molar-refractivity contribution in [2.24, 2.45) is 11.8 Å². The molecule has 2 saturated heterocycles. The number of fused-ring (bicyclic) bond motifs is 2. The van der Waals surface area contributed by atoms with Gasteiger partial charge in [-0.2, -0.15) is 0 Å². The molecule has 4 aliphatic carbocycles. The molecular formula is C33H42O10. The minimum atomic E-state index is -0.773. The smallest absolute Gasteiger partial charge is 0.342 e. The van der Waals surface area contributed by atoms with Crippen LogP contribution in [0.15, 0.2) is 33.4 Å². The van der Waals surface area contributed by atoms with Gasteiger partial charge in [-0.05, 0) is 95.3 Å². The van der Waals surface area contributed by atoms with Gasteiger partial charge in [0.05, 0.1) is 37.6 Å². The molecule has 0 aromatic carbocycles. The Labute approximate surface area is 252 Å². The lowest BCUT2D eigenvalue weighted by Crippen LogP contribution is -2.27. The fraction of sp³-hybridized carbons (Fsp3) is 0.697. The normalized spacial score (nSPS) is 26.8. The van der Waals surface area contributed by atoms with E-state index in [0.29, 0.717) is 56.8 Å². The maximum absolute atomic E-state index is 13.2. The number of epoxide rings is 2. The second-order valence-electron chi connectivity index (χ2n) is 12.5. The molecule has 1 saturated carbocycles. The van der Waals surface area contributed by atoms with Crippen LogP contribution in [0.4, 0.5) is 0 Å². The van der Waals surface area contributed by atoms with Gasteiger partial charge in [-0.15, -0.1) is 0 Å². The van der Waals surface area contributed by atoms with Crippen LogP contribution < -0.4 is 0 Å². The van der Waals surface area contributed by atoms with Gasteiger partial charge in [0.25, 0.3) is 0 Å². The van der Waals surface area contributed by atoms with E-state index < -0.39 is 23.9 Å². The average molecular weight is 599 g/mol. The van der Waals surface area contributed by atoms with E-state index in [1.54, 1.807) is 0 Å². The Balaban J connectivity index is 0.986. The van der Waals surface area contributed by atoms with E-state index in [4.69, 9.17) is 28.4 Å². The topological polar surface area (TPSA) is 130 Å². The number of allylic oxidation sites excluding steroid dienone is 2. The van der Waals surface area contributed by atoms with Crippen LogP contribution in [0.3, 0.4) is 0 Å². The summed E-state index contributed by atoms with van der Waals surface area (Å²) in [5.74, 6) is -3.09. The van der Waals surface area contributed by atoms with Gasteiger partial charge in [0.1, 0.15) is 12.2 Å². The lowest BCUT2D eigenvalue weighted by molar-refractivity contribution is -0.158. The van der Waals surface area contributed by atoms with Crippen LogP contribution in [-0.4, -0.2) is 75.7 Å². The zero-order valence-corrected chi connectivity index (χ0v) is 24.8. The van der Waals surface area contributed by atoms with Crippen molar-refractivity contribution in [3.63, 3.8) is 0 Å². The maximum Gasteiger partial charge on any atom is 0.342 e. The number of esters is 4. The number of carbonyl (C=O) groups is 4. The summed E-state index contributed by atoms with van der Waals surface area (Å²) in [4.78, 5) is 52.2. The summed E-state index contributed by atoms with van der Waals surface area (Å²) < 4.78 is 32.0. The van der Waals surface area contributed by atoms with Crippen LogP contribution in [0.2, 0.25) is 0 Å². The van der Waals surface area contributed by atoms with Gasteiger partial charge >= 0.3 is 23.9 Å². The predicted octanol–water partition coefficient (Wildman–Crippen LogP) is 4.20. The van der Waals surface area contributed by atoms with E-state index in [2.05, 4.69) is 0 Å². The Morgan fingerprint density at radius 1 is 0.605 bits per heavy atom. The third kappa shape index (κ3) is 7.71. The summed E-state index contributed by atoms with van der Waals surface area (Å²) in [6.45, 7) is 4.16. The van der Waals surface area contributed by atoms with Crippen molar-refractivity contribution in [2.75, 3.05) is 39.6 Å². The number of rotatable bonds is 18. The molecule has 0 radical (unpaired) electrons. The van der Waals surface area contributed by atoms with Crippen molar-refractivity contribution in [1.82, 2.24) is 0 Å². The first kappa shape index (κ1) is 30.4. The van der Waals surface area contributed by atoms with Crippen molar-refractivity contribution in [3.05, 3.63) is 33.4 Å². The molecule has 0 amide bonds. The second-order valence-corrected chi connectivity index (χ2v) is 12.5. The van der Waals surface area contributed by atoms with Gasteiger partial charge in [0.2, 0.25) is 0 Å².